The number of ether oxygens (including phenoxy) is 1. The molecular weight excluding hydrogens is 642 g/mol. The van der Waals surface area contributed by atoms with Crippen molar-refractivity contribution in [2.24, 2.45) is 11.8 Å². The van der Waals surface area contributed by atoms with Crippen molar-refractivity contribution >= 4 is 49.1 Å². The molecule has 1 saturated heterocycles. The second-order valence-corrected chi connectivity index (χ2v) is 15.6. The number of esters is 1. The number of carbonyl (C=O) groups excluding carboxylic acids is 2. The molecule has 1 fully saturated rings. The minimum Gasteiger partial charge on any atom is -0.466 e. The van der Waals surface area contributed by atoms with Gasteiger partial charge in [0, 0.05) is 39.0 Å². The van der Waals surface area contributed by atoms with E-state index in [0.717, 1.165) is 22.3 Å². The largest absolute Gasteiger partial charge is 0.466 e. The normalized spacial score (nSPS) is 17.8. The molecule has 2 aliphatic rings. The fraction of sp³-hybridized carbons (Fsp3) is 0.559. The first-order valence-electron chi connectivity index (χ1n) is 16.5. The first-order valence-corrected chi connectivity index (χ1v) is 18.8. The lowest BCUT2D eigenvalue weighted by molar-refractivity contribution is -0.143. The van der Waals surface area contributed by atoms with E-state index >= 15 is 0 Å². The van der Waals surface area contributed by atoms with E-state index in [2.05, 4.69) is 14.9 Å². The van der Waals surface area contributed by atoms with Gasteiger partial charge in [-0.25, -0.2) is 13.4 Å². The molecule has 256 valence electrons. The van der Waals surface area contributed by atoms with Crippen LogP contribution >= 0.6 is 11.3 Å². The summed E-state index contributed by atoms with van der Waals surface area (Å²) in [5.41, 5.74) is 2.92. The molecule has 1 unspecified atom stereocenters. The van der Waals surface area contributed by atoms with E-state index in [1.54, 1.807) is 17.9 Å². The number of rotatable bonds is 14. The van der Waals surface area contributed by atoms with Crippen LogP contribution in [-0.2, 0) is 43.6 Å². The molecule has 0 spiro atoms. The molecule has 3 aromatic rings. The van der Waals surface area contributed by atoms with Crippen LogP contribution in [0.15, 0.2) is 41.3 Å². The Bertz CT molecular complexity index is 1620. The molecular formula is C34H46FN5O5S2. The van der Waals surface area contributed by atoms with Gasteiger partial charge < -0.3 is 19.9 Å². The maximum atomic E-state index is 14.4. The van der Waals surface area contributed by atoms with Crippen LogP contribution in [0.5, 0.6) is 0 Å². The van der Waals surface area contributed by atoms with Crippen molar-refractivity contribution in [3.05, 3.63) is 52.5 Å². The fourth-order valence-electron chi connectivity index (χ4n) is 6.64. The maximum Gasteiger partial charge on any atom is 0.306 e. The van der Waals surface area contributed by atoms with Crippen molar-refractivity contribution in [1.82, 2.24) is 19.5 Å². The summed E-state index contributed by atoms with van der Waals surface area (Å²) in [6.45, 7) is 4.00. The van der Waals surface area contributed by atoms with Gasteiger partial charge in [-0.05, 0) is 94.3 Å². The van der Waals surface area contributed by atoms with Gasteiger partial charge in [-0.2, -0.15) is 4.72 Å². The van der Waals surface area contributed by atoms with Crippen molar-refractivity contribution in [2.75, 3.05) is 58.9 Å². The topological polar surface area (TPSA) is 121 Å². The number of hydrogen-bond acceptors (Lipinski definition) is 9. The highest BCUT2D eigenvalue weighted by atomic mass is 32.2. The Morgan fingerprint density at radius 1 is 1.19 bits per heavy atom. The third kappa shape index (κ3) is 9.07. The summed E-state index contributed by atoms with van der Waals surface area (Å²) in [6.07, 6.45) is 3.08. The standard InChI is InChI=1S/C34H46FN5O5S2/c1-4-45-32(41)10-9-24-17-26-18-25(22-39(2)3)21-36-33(26)30(19-24)47(43,44)38-28(20-31-37-27-7-5-6-8-29(27)46-31)34(42)40-15-12-23(11-14-35)13-16-40/h5-8,17,19,23,25,28,36,38H,4,9-16,18,20-22H2,1-3H3/t25?,28-/m0/s1. The number of amides is 1. The van der Waals surface area contributed by atoms with Crippen LogP contribution < -0.4 is 10.0 Å². The average Bonchev–Trinajstić information content (AvgIpc) is 3.45. The van der Waals surface area contributed by atoms with Crippen LogP contribution in [-0.4, -0.2) is 94.7 Å². The molecule has 3 heterocycles. The molecule has 13 heteroatoms. The summed E-state index contributed by atoms with van der Waals surface area (Å²) in [5.74, 6) is -0.157. The molecule has 1 aromatic heterocycles. The van der Waals surface area contributed by atoms with E-state index in [0.29, 0.717) is 68.0 Å². The highest BCUT2D eigenvalue weighted by Gasteiger charge is 2.35. The molecule has 2 atom stereocenters. The molecule has 2 N–H and O–H groups in total. The van der Waals surface area contributed by atoms with Crippen LogP contribution in [0.4, 0.5) is 10.1 Å². The summed E-state index contributed by atoms with van der Waals surface area (Å²) in [4.78, 5) is 34.8. The Morgan fingerprint density at radius 3 is 2.66 bits per heavy atom. The Morgan fingerprint density at radius 2 is 1.96 bits per heavy atom. The van der Waals surface area contributed by atoms with Gasteiger partial charge in [0.2, 0.25) is 15.9 Å². The van der Waals surface area contributed by atoms with Gasteiger partial charge in [0.1, 0.15) is 10.9 Å². The predicted molar refractivity (Wildman–Crippen MR) is 183 cm³/mol. The minimum absolute atomic E-state index is 0.0703. The first-order chi connectivity index (χ1) is 22.6. The number of aryl methyl sites for hydroxylation is 1. The number of para-hydroxylation sites is 1. The highest BCUT2D eigenvalue weighted by Crippen LogP contribution is 2.34. The van der Waals surface area contributed by atoms with Gasteiger partial charge in [0.05, 0.1) is 34.2 Å². The summed E-state index contributed by atoms with van der Waals surface area (Å²) in [7, 11) is -0.203. The van der Waals surface area contributed by atoms with Crippen LogP contribution in [0.25, 0.3) is 10.2 Å². The Hall–Kier alpha value is -3.13. The lowest BCUT2D eigenvalue weighted by atomic mass is 9.91. The van der Waals surface area contributed by atoms with Crippen molar-refractivity contribution in [1.29, 1.82) is 0 Å². The summed E-state index contributed by atoms with van der Waals surface area (Å²) in [6, 6.07) is 10.2. The lowest BCUT2D eigenvalue weighted by Crippen LogP contribution is -2.51. The Kier molecular flexibility index (Phi) is 11.9. The number of fused-ring (bicyclic) bond motifs is 2. The minimum atomic E-state index is -4.23. The van der Waals surface area contributed by atoms with Gasteiger partial charge >= 0.3 is 5.97 Å². The molecule has 0 saturated carbocycles. The van der Waals surface area contributed by atoms with Crippen molar-refractivity contribution < 1.29 is 27.1 Å². The van der Waals surface area contributed by atoms with E-state index in [1.807, 2.05) is 44.4 Å². The number of nitrogens with zero attached hydrogens (tertiary/aromatic N) is 3. The third-order valence-electron chi connectivity index (χ3n) is 8.91. The lowest BCUT2D eigenvalue weighted by Gasteiger charge is -2.34. The number of likely N-dealkylation sites (tertiary alicyclic amines) is 1. The number of thiazole rings is 1. The molecule has 5 rings (SSSR count). The van der Waals surface area contributed by atoms with Gasteiger partial charge in [-0.3, -0.25) is 14.0 Å². The fourth-order valence-corrected chi connectivity index (χ4v) is 9.11. The number of alkyl halides is 1. The highest BCUT2D eigenvalue weighted by molar-refractivity contribution is 7.89. The van der Waals surface area contributed by atoms with Gasteiger partial charge in [-0.15, -0.1) is 11.3 Å². The van der Waals surface area contributed by atoms with Crippen LogP contribution in [0.1, 0.15) is 48.7 Å². The smallest absolute Gasteiger partial charge is 0.306 e. The Balaban J connectivity index is 1.46. The first kappa shape index (κ1) is 35.2. The maximum absolute atomic E-state index is 14.4. The van der Waals surface area contributed by atoms with E-state index in [4.69, 9.17) is 9.72 Å². The summed E-state index contributed by atoms with van der Waals surface area (Å²) < 4.78 is 50.6. The molecule has 47 heavy (non-hydrogen) atoms. The quantitative estimate of drug-likeness (QED) is 0.239. The number of aromatic nitrogens is 1. The zero-order valence-electron chi connectivity index (χ0n) is 27.5. The summed E-state index contributed by atoms with van der Waals surface area (Å²) in [5, 5.41) is 4.04. The van der Waals surface area contributed by atoms with E-state index in [9.17, 15) is 22.4 Å². The third-order valence-corrected chi connectivity index (χ3v) is 11.5. The van der Waals surface area contributed by atoms with Crippen LogP contribution in [0.3, 0.4) is 0 Å². The number of hydrogen-bond donors (Lipinski definition) is 2. The van der Waals surface area contributed by atoms with Crippen molar-refractivity contribution in [3.8, 4) is 0 Å². The second kappa shape index (κ2) is 15.8. The van der Waals surface area contributed by atoms with Crippen LogP contribution in [0.2, 0.25) is 0 Å². The number of halogens is 1. The average molecular weight is 688 g/mol. The number of anilines is 1. The number of nitrogens with one attached hydrogen (secondary N) is 2. The molecule has 1 amide bonds. The van der Waals surface area contributed by atoms with Crippen molar-refractivity contribution in [2.45, 2.75) is 62.8 Å². The van der Waals surface area contributed by atoms with Crippen LogP contribution in [0, 0.1) is 11.8 Å². The molecule has 0 bridgehead atoms. The monoisotopic (exact) mass is 687 g/mol. The second-order valence-electron chi connectivity index (χ2n) is 12.8. The van der Waals surface area contributed by atoms with E-state index < -0.39 is 16.1 Å². The van der Waals surface area contributed by atoms with Gasteiger partial charge in [0.15, 0.2) is 0 Å². The molecule has 2 aromatic carbocycles. The van der Waals surface area contributed by atoms with Gasteiger partial charge in [-0.1, -0.05) is 18.2 Å². The number of carbonyl (C=O) groups is 2. The zero-order chi connectivity index (χ0) is 33.6. The van der Waals surface area contributed by atoms with E-state index in [1.165, 1.54) is 11.3 Å². The Labute approximate surface area is 281 Å². The molecule has 2 aliphatic heterocycles. The van der Waals surface area contributed by atoms with Gasteiger partial charge in [0.25, 0.3) is 0 Å². The molecule has 10 nitrogen and oxygen atoms in total. The zero-order valence-corrected chi connectivity index (χ0v) is 29.1. The SMILES string of the molecule is CCOC(=O)CCc1cc2c(c(S(=O)(=O)N[C@@H](Cc3nc4ccccc4s3)C(=O)N3CCC(CCF)CC3)c1)NCC(CN(C)C)C2. The molecule has 0 radical (unpaired) electrons. The number of piperidine rings is 1. The predicted octanol–water partition coefficient (Wildman–Crippen LogP) is 4.43. The number of sulfonamides is 1. The molecule has 0 aliphatic carbocycles. The van der Waals surface area contributed by atoms with E-state index in [-0.39, 0.29) is 54.7 Å². The van der Waals surface area contributed by atoms with Crippen molar-refractivity contribution in [3.63, 3.8) is 0 Å². The number of benzene rings is 2. The summed E-state index contributed by atoms with van der Waals surface area (Å²) >= 11 is 1.44.